The van der Waals surface area contributed by atoms with E-state index in [0.717, 1.165) is 11.3 Å². The number of amides is 1. The summed E-state index contributed by atoms with van der Waals surface area (Å²) in [5.41, 5.74) is 2.35. The molecule has 0 radical (unpaired) electrons. The molecule has 1 aromatic heterocycles. The van der Waals surface area contributed by atoms with Gasteiger partial charge in [0.15, 0.2) is 10.3 Å². The maximum Gasteiger partial charge on any atom is 0.267 e. The Balaban J connectivity index is 1.83. The number of carbonyl (C=O) groups excluding carboxylic acids is 2. The number of hydrogen-bond donors (Lipinski definition) is 1. The maximum atomic E-state index is 12.6. The number of halogens is 1. The number of benzene rings is 2. The van der Waals surface area contributed by atoms with Gasteiger partial charge in [0.05, 0.1) is 5.69 Å². The zero-order valence-corrected chi connectivity index (χ0v) is 15.9. The van der Waals surface area contributed by atoms with Crippen LogP contribution in [0.25, 0.3) is 0 Å². The average molecular weight is 385 g/mol. The van der Waals surface area contributed by atoms with Gasteiger partial charge in [-0.1, -0.05) is 79.2 Å². The standard InChI is InChI=1S/C20H17ClN2O2S/c1-12(2)16-18(26-20(21)23-16)19(25)22-15-10-6-9-14(11-15)17(24)13-7-4-3-5-8-13/h3-12H,1-2H3,(H,22,25). The summed E-state index contributed by atoms with van der Waals surface area (Å²) in [5, 5.41) is 2.83. The van der Waals surface area contributed by atoms with E-state index in [1.165, 1.54) is 0 Å². The smallest absolute Gasteiger partial charge is 0.267 e. The van der Waals surface area contributed by atoms with Crippen molar-refractivity contribution < 1.29 is 9.59 Å². The lowest BCUT2D eigenvalue weighted by Crippen LogP contribution is -2.13. The number of hydrogen-bond acceptors (Lipinski definition) is 4. The highest BCUT2D eigenvalue weighted by Gasteiger charge is 2.20. The minimum atomic E-state index is -0.276. The molecule has 0 saturated heterocycles. The number of thiazole rings is 1. The van der Waals surface area contributed by atoms with Crippen molar-refractivity contribution in [1.82, 2.24) is 4.98 Å². The molecule has 0 saturated carbocycles. The van der Waals surface area contributed by atoms with Gasteiger partial charge in [-0.3, -0.25) is 9.59 Å². The molecule has 4 nitrogen and oxygen atoms in total. The van der Waals surface area contributed by atoms with Gasteiger partial charge < -0.3 is 5.32 Å². The van der Waals surface area contributed by atoms with E-state index >= 15 is 0 Å². The number of anilines is 1. The summed E-state index contributed by atoms with van der Waals surface area (Å²) < 4.78 is 0.340. The SMILES string of the molecule is CC(C)c1nc(Cl)sc1C(=O)Nc1cccc(C(=O)c2ccccc2)c1. The van der Waals surface area contributed by atoms with Gasteiger partial charge in [-0.25, -0.2) is 4.98 Å². The Morgan fingerprint density at radius 3 is 2.42 bits per heavy atom. The van der Waals surface area contributed by atoms with Gasteiger partial charge in [-0.05, 0) is 18.1 Å². The summed E-state index contributed by atoms with van der Waals surface area (Å²) in [6, 6.07) is 15.9. The molecule has 0 bridgehead atoms. The van der Waals surface area contributed by atoms with Gasteiger partial charge in [0.1, 0.15) is 4.88 Å². The van der Waals surface area contributed by atoms with Gasteiger partial charge in [0, 0.05) is 16.8 Å². The second-order valence-electron chi connectivity index (χ2n) is 6.07. The summed E-state index contributed by atoms with van der Waals surface area (Å²) in [6.45, 7) is 3.92. The number of ketones is 1. The number of aromatic nitrogens is 1. The first-order valence-electron chi connectivity index (χ1n) is 8.13. The summed E-state index contributed by atoms with van der Waals surface area (Å²) in [4.78, 5) is 29.9. The molecule has 0 unspecified atom stereocenters. The minimum absolute atomic E-state index is 0.0884. The first-order valence-corrected chi connectivity index (χ1v) is 9.32. The zero-order valence-electron chi connectivity index (χ0n) is 14.3. The van der Waals surface area contributed by atoms with Crippen molar-refractivity contribution in [2.75, 3.05) is 5.32 Å². The Morgan fingerprint density at radius 1 is 1.04 bits per heavy atom. The van der Waals surface area contributed by atoms with Crippen molar-refractivity contribution in [2.24, 2.45) is 0 Å². The third-order valence-electron chi connectivity index (χ3n) is 3.80. The molecule has 0 aliphatic heterocycles. The van der Waals surface area contributed by atoms with E-state index in [1.807, 2.05) is 32.0 Å². The van der Waals surface area contributed by atoms with Crippen molar-refractivity contribution in [1.29, 1.82) is 0 Å². The molecule has 3 rings (SSSR count). The molecule has 1 N–H and O–H groups in total. The molecule has 0 aliphatic carbocycles. The third kappa shape index (κ3) is 4.00. The van der Waals surface area contributed by atoms with Crippen LogP contribution in [0.1, 0.15) is 51.1 Å². The molecule has 0 aliphatic rings. The molecule has 2 aromatic carbocycles. The van der Waals surface area contributed by atoms with Crippen LogP contribution < -0.4 is 5.32 Å². The fourth-order valence-electron chi connectivity index (χ4n) is 2.54. The largest absolute Gasteiger partial charge is 0.321 e. The van der Waals surface area contributed by atoms with Crippen LogP contribution in [0.2, 0.25) is 4.47 Å². The molecule has 6 heteroatoms. The van der Waals surface area contributed by atoms with E-state index in [4.69, 9.17) is 11.6 Å². The third-order valence-corrected chi connectivity index (χ3v) is 4.97. The second-order valence-corrected chi connectivity index (χ2v) is 7.65. The summed E-state index contributed by atoms with van der Waals surface area (Å²) in [7, 11) is 0. The predicted molar refractivity (Wildman–Crippen MR) is 105 cm³/mol. The Bertz CT molecular complexity index is 951. The van der Waals surface area contributed by atoms with Crippen LogP contribution in [0.15, 0.2) is 54.6 Å². The summed E-state index contributed by atoms with van der Waals surface area (Å²) in [6.07, 6.45) is 0. The molecule has 0 atom stereocenters. The van der Waals surface area contributed by atoms with E-state index in [9.17, 15) is 9.59 Å². The molecule has 1 amide bonds. The molecule has 26 heavy (non-hydrogen) atoms. The van der Waals surface area contributed by atoms with Crippen molar-refractivity contribution in [3.63, 3.8) is 0 Å². The Morgan fingerprint density at radius 2 is 1.73 bits per heavy atom. The molecule has 3 aromatic rings. The first kappa shape index (κ1) is 18.3. The molecule has 132 valence electrons. The number of carbonyl (C=O) groups is 2. The monoisotopic (exact) mass is 384 g/mol. The lowest BCUT2D eigenvalue weighted by molar-refractivity contribution is 0.102. The van der Waals surface area contributed by atoms with Crippen LogP contribution in [0.3, 0.4) is 0 Å². The van der Waals surface area contributed by atoms with Gasteiger partial charge in [-0.2, -0.15) is 0 Å². The Labute approximate surface area is 160 Å². The van der Waals surface area contributed by atoms with Crippen LogP contribution in [-0.2, 0) is 0 Å². The molecule has 0 fully saturated rings. The highest BCUT2D eigenvalue weighted by Crippen LogP contribution is 2.29. The van der Waals surface area contributed by atoms with Crippen LogP contribution >= 0.6 is 22.9 Å². The summed E-state index contributed by atoms with van der Waals surface area (Å²) >= 11 is 7.13. The van der Waals surface area contributed by atoms with Crippen LogP contribution in [0.5, 0.6) is 0 Å². The topological polar surface area (TPSA) is 59.1 Å². The fraction of sp³-hybridized carbons (Fsp3) is 0.150. The maximum absolute atomic E-state index is 12.6. The van der Waals surface area contributed by atoms with E-state index in [2.05, 4.69) is 10.3 Å². The molecular weight excluding hydrogens is 368 g/mol. The number of nitrogens with zero attached hydrogens (tertiary/aromatic N) is 1. The summed E-state index contributed by atoms with van der Waals surface area (Å²) in [5.74, 6) is -0.279. The van der Waals surface area contributed by atoms with Crippen LogP contribution in [0.4, 0.5) is 5.69 Å². The van der Waals surface area contributed by atoms with Crippen molar-refractivity contribution in [3.05, 3.63) is 80.8 Å². The normalized spacial score (nSPS) is 10.8. The molecular formula is C20H17ClN2O2S. The molecule has 0 spiro atoms. The van der Waals surface area contributed by atoms with Gasteiger partial charge >= 0.3 is 0 Å². The Hall–Kier alpha value is -2.50. The first-order chi connectivity index (χ1) is 12.5. The predicted octanol–water partition coefficient (Wildman–Crippen LogP) is 5.40. The van der Waals surface area contributed by atoms with Crippen molar-refractivity contribution in [3.8, 4) is 0 Å². The van der Waals surface area contributed by atoms with E-state index in [-0.39, 0.29) is 17.6 Å². The van der Waals surface area contributed by atoms with Gasteiger partial charge in [0.25, 0.3) is 5.91 Å². The van der Waals surface area contributed by atoms with Gasteiger partial charge in [0.2, 0.25) is 0 Å². The van der Waals surface area contributed by atoms with E-state index in [0.29, 0.717) is 31.9 Å². The minimum Gasteiger partial charge on any atom is -0.321 e. The zero-order chi connectivity index (χ0) is 18.7. The quantitative estimate of drug-likeness (QED) is 0.599. The Kier molecular flexibility index (Phi) is 5.49. The van der Waals surface area contributed by atoms with Crippen molar-refractivity contribution in [2.45, 2.75) is 19.8 Å². The molecule has 1 heterocycles. The lowest BCUT2D eigenvalue weighted by atomic mass is 10.0. The van der Waals surface area contributed by atoms with E-state index < -0.39 is 0 Å². The number of rotatable bonds is 5. The lowest BCUT2D eigenvalue weighted by Gasteiger charge is -2.08. The van der Waals surface area contributed by atoms with Gasteiger partial charge in [-0.15, -0.1) is 0 Å². The van der Waals surface area contributed by atoms with Crippen molar-refractivity contribution >= 4 is 40.3 Å². The van der Waals surface area contributed by atoms with E-state index in [1.54, 1.807) is 36.4 Å². The average Bonchev–Trinajstić information content (AvgIpc) is 3.04. The van der Waals surface area contributed by atoms with Crippen LogP contribution in [0, 0.1) is 0 Å². The number of nitrogens with one attached hydrogen (secondary N) is 1. The van der Waals surface area contributed by atoms with Crippen LogP contribution in [-0.4, -0.2) is 16.7 Å². The second kappa shape index (κ2) is 7.81. The fourth-order valence-corrected chi connectivity index (χ4v) is 3.71. The highest BCUT2D eigenvalue weighted by molar-refractivity contribution is 7.17. The highest BCUT2D eigenvalue weighted by atomic mass is 35.5.